The number of benzene rings is 4. The Labute approximate surface area is 187 Å². The molecule has 0 aliphatic heterocycles. The number of carbonyl (C=O) groups excluding carboxylic acids is 1. The quantitative estimate of drug-likeness (QED) is 0.392. The largest absolute Gasteiger partial charge is 0.332 e. The van der Waals surface area contributed by atoms with Crippen LogP contribution in [0.25, 0.3) is 27.5 Å². The second kappa shape index (κ2) is 8.16. The van der Waals surface area contributed by atoms with Crippen LogP contribution in [-0.4, -0.2) is 26.0 Å². The van der Waals surface area contributed by atoms with E-state index in [1.807, 2.05) is 48.5 Å². The van der Waals surface area contributed by atoms with Crippen LogP contribution < -0.4 is 10.6 Å². The van der Waals surface area contributed by atoms with Crippen molar-refractivity contribution in [3.05, 3.63) is 96.3 Å². The summed E-state index contributed by atoms with van der Waals surface area (Å²) in [5.74, 6) is -0.836. The molecule has 0 atom stereocenters. The summed E-state index contributed by atoms with van der Waals surface area (Å²) in [6, 6.07) is 24.7. The minimum Gasteiger partial charge on any atom is -0.332 e. The molecule has 156 valence electrons. The van der Waals surface area contributed by atoms with Crippen LogP contribution in [0.1, 0.15) is 10.4 Å². The van der Waals surface area contributed by atoms with Gasteiger partial charge in [0, 0.05) is 16.6 Å². The SMILES string of the molecule is O=C(NC(=S)Nc1ccc2nn(-c3cccc4ccccc34)nc2c1)c1ccc(F)cc1. The van der Waals surface area contributed by atoms with Crippen LogP contribution in [0.15, 0.2) is 84.9 Å². The van der Waals surface area contributed by atoms with E-state index in [0.717, 1.165) is 22.0 Å². The molecular formula is C24H16FN5OS. The molecule has 5 aromatic rings. The van der Waals surface area contributed by atoms with Gasteiger partial charge >= 0.3 is 0 Å². The Morgan fingerprint density at radius 3 is 2.47 bits per heavy atom. The fourth-order valence-electron chi connectivity index (χ4n) is 3.42. The van der Waals surface area contributed by atoms with Crippen molar-refractivity contribution in [2.45, 2.75) is 0 Å². The molecule has 0 saturated carbocycles. The summed E-state index contributed by atoms with van der Waals surface area (Å²) < 4.78 is 13.0. The molecule has 1 heterocycles. The standard InChI is InChI=1S/C24H16FN5OS/c25-17-10-8-16(9-11-17)23(31)27-24(32)26-18-12-13-20-21(14-18)29-30(28-20)22-7-3-5-15-4-1-2-6-19(15)22/h1-14H,(H2,26,27,31,32). The number of amides is 1. The molecule has 8 heteroatoms. The molecule has 2 N–H and O–H groups in total. The van der Waals surface area contributed by atoms with Gasteiger partial charge in [0.1, 0.15) is 16.9 Å². The van der Waals surface area contributed by atoms with Crippen molar-refractivity contribution in [1.82, 2.24) is 20.3 Å². The zero-order chi connectivity index (χ0) is 22.1. The predicted octanol–water partition coefficient (Wildman–Crippen LogP) is 4.84. The molecule has 4 aromatic carbocycles. The van der Waals surface area contributed by atoms with Crippen molar-refractivity contribution in [2.75, 3.05) is 5.32 Å². The summed E-state index contributed by atoms with van der Waals surface area (Å²) in [5.41, 5.74) is 3.26. The first-order valence-electron chi connectivity index (χ1n) is 9.80. The molecule has 1 aromatic heterocycles. The van der Waals surface area contributed by atoms with Crippen LogP contribution in [0.4, 0.5) is 10.1 Å². The summed E-state index contributed by atoms with van der Waals surface area (Å²) in [4.78, 5) is 13.9. The van der Waals surface area contributed by atoms with Gasteiger partial charge in [-0.25, -0.2) is 4.39 Å². The molecule has 32 heavy (non-hydrogen) atoms. The fraction of sp³-hybridized carbons (Fsp3) is 0. The van der Waals surface area contributed by atoms with Gasteiger partial charge in [0.25, 0.3) is 5.91 Å². The van der Waals surface area contributed by atoms with E-state index in [0.29, 0.717) is 16.8 Å². The van der Waals surface area contributed by atoms with Gasteiger partial charge in [-0.1, -0.05) is 36.4 Å². The van der Waals surface area contributed by atoms with Gasteiger partial charge in [-0.05, 0) is 66.1 Å². The van der Waals surface area contributed by atoms with E-state index in [-0.39, 0.29) is 5.11 Å². The number of thiocarbonyl (C=S) groups is 1. The van der Waals surface area contributed by atoms with Crippen LogP contribution >= 0.6 is 12.2 Å². The van der Waals surface area contributed by atoms with Crippen molar-refractivity contribution in [2.24, 2.45) is 0 Å². The third kappa shape index (κ3) is 3.91. The summed E-state index contributed by atoms with van der Waals surface area (Å²) in [6.07, 6.45) is 0. The molecule has 1 amide bonds. The number of fused-ring (bicyclic) bond motifs is 2. The van der Waals surface area contributed by atoms with E-state index < -0.39 is 11.7 Å². The average Bonchev–Trinajstić information content (AvgIpc) is 3.22. The smallest absolute Gasteiger partial charge is 0.257 e. The number of hydrogen-bond donors (Lipinski definition) is 2. The van der Waals surface area contributed by atoms with Gasteiger partial charge in [-0.2, -0.15) is 0 Å². The Kier molecular flexibility index (Phi) is 5.04. The highest BCUT2D eigenvalue weighted by Gasteiger charge is 2.11. The minimum atomic E-state index is -0.425. The Hall–Kier alpha value is -4.17. The zero-order valence-electron chi connectivity index (χ0n) is 16.6. The molecule has 0 spiro atoms. The molecule has 0 aliphatic rings. The van der Waals surface area contributed by atoms with Crippen molar-refractivity contribution in [1.29, 1.82) is 0 Å². The topological polar surface area (TPSA) is 71.8 Å². The van der Waals surface area contributed by atoms with Crippen LogP contribution in [0.3, 0.4) is 0 Å². The first kappa shape index (κ1) is 19.8. The van der Waals surface area contributed by atoms with E-state index >= 15 is 0 Å². The van der Waals surface area contributed by atoms with Gasteiger partial charge in [-0.15, -0.1) is 15.0 Å². The first-order valence-corrected chi connectivity index (χ1v) is 10.2. The molecule has 0 unspecified atom stereocenters. The summed E-state index contributed by atoms with van der Waals surface area (Å²) in [7, 11) is 0. The van der Waals surface area contributed by atoms with Gasteiger partial charge < -0.3 is 5.32 Å². The number of nitrogens with zero attached hydrogens (tertiary/aromatic N) is 3. The van der Waals surface area contributed by atoms with E-state index in [1.54, 1.807) is 16.9 Å². The summed E-state index contributed by atoms with van der Waals surface area (Å²) in [5, 5.41) is 17.1. The lowest BCUT2D eigenvalue weighted by atomic mass is 10.1. The maximum Gasteiger partial charge on any atom is 0.257 e. The Balaban J connectivity index is 1.36. The van der Waals surface area contributed by atoms with E-state index in [4.69, 9.17) is 12.2 Å². The third-order valence-corrected chi connectivity index (χ3v) is 5.16. The molecule has 0 fully saturated rings. The van der Waals surface area contributed by atoms with Crippen LogP contribution in [-0.2, 0) is 0 Å². The number of carbonyl (C=O) groups is 1. The third-order valence-electron chi connectivity index (χ3n) is 4.95. The maximum atomic E-state index is 13.0. The minimum absolute atomic E-state index is 0.125. The van der Waals surface area contributed by atoms with Crippen molar-refractivity contribution >= 4 is 50.7 Å². The number of rotatable bonds is 3. The molecule has 0 bridgehead atoms. The van der Waals surface area contributed by atoms with Crippen LogP contribution in [0.5, 0.6) is 0 Å². The highest BCUT2D eigenvalue weighted by Crippen LogP contribution is 2.23. The van der Waals surface area contributed by atoms with Crippen LogP contribution in [0, 0.1) is 5.82 Å². The second-order valence-corrected chi connectivity index (χ2v) is 7.51. The number of anilines is 1. The average molecular weight is 441 g/mol. The van der Waals surface area contributed by atoms with Gasteiger partial charge in [0.05, 0.1) is 5.69 Å². The predicted molar refractivity (Wildman–Crippen MR) is 126 cm³/mol. The highest BCUT2D eigenvalue weighted by molar-refractivity contribution is 7.80. The van der Waals surface area contributed by atoms with Crippen molar-refractivity contribution in [3.8, 4) is 5.69 Å². The Morgan fingerprint density at radius 1 is 0.875 bits per heavy atom. The number of halogens is 1. The number of nitrogens with one attached hydrogen (secondary N) is 2. The van der Waals surface area contributed by atoms with E-state index in [9.17, 15) is 9.18 Å². The lowest BCUT2D eigenvalue weighted by molar-refractivity contribution is 0.0977. The maximum absolute atomic E-state index is 13.0. The molecule has 0 radical (unpaired) electrons. The summed E-state index contributed by atoms with van der Waals surface area (Å²) in [6.45, 7) is 0. The Bertz CT molecular complexity index is 1470. The second-order valence-electron chi connectivity index (χ2n) is 7.11. The number of hydrogen-bond acceptors (Lipinski definition) is 4. The normalized spacial score (nSPS) is 10.9. The fourth-order valence-corrected chi connectivity index (χ4v) is 3.63. The highest BCUT2D eigenvalue weighted by atomic mass is 32.1. The lowest BCUT2D eigenvalue weighted by Gasteiger charge is -2.09. The van der Waals surface area contributed by atoms with Gasteiger partial charge in [0.15, 0.2) is 5.11 Å². The lowest BCUT2D eigenvalue weighted by Crippen LogP contribution is -2.34. The number of aromatic nitrogens is 3. The zero-order valence-corrected chi connectivity index (χ0v) is 17.4. The van der Waals surface area contributed by atoms with Gasteiger partial charge in [0.2, 0.25) is 0 Å². The van der Waals surface area contributed by atoms with Crippen molar-refractivity contribution < 1.29 is 9.18 Å². The molecule has 6 nitrogen and oxygen atoms in total. The van der Waals surface area contributed by atoms with Crippen molar-refractivity contribution in [3.63, 3.8) is 0 Å². The monoisotopic (exact) mass is 441 g/mol. The molecule has 5 rings (SSSR count). The molecule has 0 saturated heterocycles. The molecule has 0 aliphatic carbocycles. The first-order chi connectivity index (χ1) is 15.6. The molecular weight excluding hydrogens is 425 g/mol. The summed E-state index contributed by atoms with van der Waals surface area (Å²) >= 11 is 5.24. The Morgan fingerprint density at radius 2 is 1.62 bits per heavy atom. The van der Waals surface area contributed by atoms with Crippen LogP contribution in [0.2, 0.25) is 0 Å². The van der Waals surface area contributed by atoms with E-state index in [2.05, 4.69) is 20.8 Å². The van der Waals surface area contributed by atoms with Gasteiger partial charge in [-0.3, -0.25) is 10.1 Å². The van der Waals surface area contributed by atoms with E-state index in [1.165, 1.54) is 24.3 Å².